The van der Waals surface area contributed by atoms with Gasteiger partial charge in [-0.3, -0.25) is 4.79 Å². The van der Waals surface area contributed by atoms with Crippen LogP contribution in [0.25, 0.3) is 0 Å². The highest BCUT2D eigenvalue weighted by Crippen LogP contribution is 2.34. The number of carbonyl (C=O) groups excluding carboxylic acids is 2. The molecule has 3 rings (SSSR count). The molecule has 29 heavy (non-hydrogen) atoms. The largest absolute Gasteiger partial charge is 0.496 e. The van der Waals surface area contributed by atoms with E-state index in [1.807, 2.05) is 6.07 Å². The molecular formula is C21H20N2O6. The first-order valence-electron chi connectivity index (χ1n) is 9.01. The number of anilines is 1. The standard InChI is InChI=1S/C21H20N2O6/c1-26-17-6-3-2-5-16(17)21(25)29-14-20(24)23(10-4-9-22)15-7-8-18-19(13-15)28-12-11-27-18/h2-3,5-8,13H,4,10-12,14H2,1H3. The van der Waals surface area contributed by atoms with Crippen LogP contribution in [0.3, 0.4) is 0 Å². The summed E-state index contributed by atoms with van der Waals surface area (Å²) in [5, 5.41) is 8.93. The lowest BCUT2D eigenvalue weighted by molar-refractivity contribution is -0.121. The Morgan fingerprint density at radius 2 is 1.90 bits per heavy atom. The molecule has 2 aromatic carbocycles. The van der Waals surface area contributed by atoms with E-state index in [1.54, 1.807) is 42.5 Å². The average molecular weight is 396 g/mol. The van der Waals surface area contributed by atoms with Crippen molar-refractivity contribution in [3.05, 3.63) is 48.0 Å². The number of nitrogens with zero attached hydrogens (tertiary/aromatic N) is 2. The van der Waals surface area contributed by atoms with E-state index in [4.69, 9.17) is 24.2 Å². The minimum absolute atomic E-state index is 0.126. The first-order valence-corrected chi connectivity index (χ1v) is 9.01. The fourth-order valence-electron chi connectivity index (χ4n) is 2.86. The molecule has 150 valence electrons. The van der Waals surface area contributed by atoms with Crippen molar-refractivity contribution < 1.29 is 28.5 Å². The molecule has 1 aliphatic heterocycles. The molecule has 0 fully saturated rings. The lowest BCUT2D eigenvalue weighted by atomic mass is 10.2. The summed E-state index contributed by atoms with van der Waals surface area (Å²) in [6.45, 7) is 0.555. The Morgan fingerprint density at radius 1 is 1.14 bits per heavy atom. The molecule has 8 nitrogen and oxygen atoms in total. The Bertz CT molecular complexity index is 937. The van der Waals surface area contributed by atoms with Gasteiger partial charge in [-0.15, -0.1) is 0 Å². The van der Waals surface area contributed by atoms with E-state index in [0.717, 1.165) is 0 Å². The number of nitriles is 1. The van der Waals surface area contributed by atoms with Gasteiger partial charge in [-0.25, -0.2) is 4.79 Å². The van der Waals surface area contributed by atoms with Crippen LogP contribution < -0.4 is 19.1 Å². The van der Waals surface area contributed by atoms with Crippen LogP contribution in [-0.2, 0) is 9.53 Å². The number of ether oxygens (including phenoxy) is 4. The van der Waals surface area contributed by atoms with Crippen molar-refractivity contribution in [2.75, 3.05) is 38.4 Å². The monoisotopic (exact) mass is 396 g/mol. The summed E-state index contributed by atoms with van der Waals surface area (Å²) >= 11 is 0. The van der Waals surface area contributed by atoms with Crippen LogP contribution in [0.2, 0.25) is 0 Å². The van der Waals surface area contributed by atoms with Gasteiger partial charge in [-0.2, -0.15) is 5.26 Å². The third kappa shape index (κ3) is 4.76. The average Bonchev–Trinajstić information content (AvgIpc) is 2.77. The number of amides is 1. The van der Waals surface area contributed by atoms with Crippen molar-refractivity contribution in [3.63, 3.8) is 0 Å². The van der Waals surface area contributed by atoms with Crippen LogP contribution in [0.5, 0.6) is 17.2 Å². The first kappa shape index (κ1) is 20.0. The molecule has 0 aromatic heterocycles. The molecule has 1 heterocycles. The number of carbonyl (C=O) groups is 2. The third-order valence-electron chi connectivity index (χ3n) is 4.24. The van der Waals surface area contributed by atoms with Gasteiger partial charge < -0.3 is 23.8 Å². The van der Waals surface area contributed by atoms with Crippen molar-refractivity contribution in [1.29, 1.82) is 5.26 Å². The molecule has 1 aliphatic rings. The van der Waals surface area contributed by atoms with Gasteiger partial charge in [0.05, 0.1) is 19.6 Å². The molecule has 0 unspecified atom stereocenters. The van der Waals surface area contributed by atoms with Crippen molar-refractivity contribution in [2.45, 2.75) is 6.42 Å². The lowest BCUT2D eigenvalue weighted by Crippen LogP contribution is -2.35. The second-order valence-corrected chi connectivity index (χ2v) is 6.06. The predicted octanol–water partition coefficient (Wildman–Crippen LogP) is 2.57. The zero-order valence-electron chi connectivity index (χ0n) is 15.9. The molecule has 2 aromatic rings. The van der Waals surface area contributed by atoms with E-state index in [0.29, 0.717) is 36.1 Å². The smallest absolute Gasteiger partial charge is 0.342 e. The van der Waals surface area contributed by atoms with Gasteiger partial charge in [0.15, 0.2) is 18.1 Å². The quantitative estimate of drug-likeness (QED) is 0.663. The number of methoxy groups -OCH3 is 1. The number of benzene rings is 2. The fraction of sp³-hybridized carbons (Fsp3) is 0.286. The molecule has 0 saturated heterocycles. The maximum Gasteiger partial charge on any atom is 0.342 e. The molecule has 0 saturated carbocycles. The predicted molar refractivity (Wildman–Crippen MR) is 103 cm³/mol. The topological polar surface area (TPSA) is 98.1 Å². The van der Waals surface area contributed by atoms with E-state index in [2.05, 4.69) is 0 Å². The number of esters is 1. The summed E-state index contributed by atoms with van der Waals surface area (Å²) in [6.07, 6.45) is 0.126. The van der Waals surface area contributed by atoms with E-state index >= 15 is 0 Å². The van der Waals surface area contributed by atoms with Crippen molar-refractivity contribution in [2.24, 2.45) is 0 Å². The van der Waals surface area contributed by atoms with Gasteiger partial charge in [0.25, 0.3) is 5.91 Å². The second kappa shape index (κ2) is 9.46. The van der Waals surface area contributed by atoms with Crippen molar-refractivity contribution in [1.82, 2.24) is 0 Å². The molecule has 0 spiro atoms. The van der Waals surface area contributed by atoms with Crippen LogP contribution >= 0.6 is 0 Å². The summed E-state index contributed by atoms with van der Waals surface area (Å²) < 4.78 is 21.4. The second-order valence-electron chi connectivity index (χ2n) is 6.06. The Balaban J connectivity index is 1.72. The van der Waals surface area contributed by atoms with Gasteiger partial charge in [0, 0.05) is 18.3 Å². The minimum atomic E-state index is -0.668. The van der Waals surface area contributed by atoms with Crippen LogP contribution in [0.1, 0.15) is 16.8 Å². The van der Waals surface area contributed by atoms with Crippen LogP contribution in [0.15, 0.2) is 42.5 Å². The Morgan fingerprint density at radius 3 is 2.66 bits per heavy atom. The van der Waals surface area contributed by atoms with Gasteiger partial charge in [0.1, 0.15) is 24.5 Å². The summed E-state index contributed by atoms with van der Waals surface area (Å²) in [6, 6.07) is 13.7. The van der Waals surface area contributed by atoms with Gasteiger partial charge >= 0.3 is 5.97 Å². The number of fused-ring (bicyclic) bond motifs is 1. The SMILES string of the molecule is COc1ccccc1C(=O)OCC(=O)N(CCC#N)c1ccc2c(c1)OCCO2. The third-order valence-corrected chi connectivity index (χ3v) is 4.24. The van der Waals surface area contributed by atoms with Crippen molar-refractivity contribution >= 4 is 17.6 Å². The Hall–Kier alpha value is -3.73. The number of hydrogen-bond donors (Lipinski definition) is 0. The highest BCUT2D eigenvalue weighted by molar-refractivity contribution is 5.98. The van der Waals surface area contributed by atoms with Gasteiger partial charge in [-0.05, 0) is 24.3 Å². The van der Waals surface area contributed by atoms with E-state index in [-0.39, 0.29) is 18.5 Å². The maximum atomic E-state index is 12.7. The molecule has 8 heteroatoms. The number of rotatable bonds is 7. The summed E-state index contributed by atoms with van der Waals surface area (Å²) in [7, 11) is 1.45. The van der Waals surface area contributed by atoms with Crippen molar-refractivity contribution in [3.8, 4) is 23.3 Å². The minimum Gasteiger partial charge on any atom is -0.496 e. The molecular weight excluding hydrogens is 376 g/mol. The number of para-hydroxylation sites is 1. The lowest BCUT2D eigenvalue weighted by Gasteiger charge is -2.24. The summed E-state index contributed by atoms with van der Waals surface area (Å²) in [5.74, 6) is 0.348. The first-order chi connectivity index (χ1) is 14.1. The molecule has 0 bridgehead atoms. The van der Waals surface area contributed by atoms with Gasteiger partial charge in [0.2, 0.25) is 0 Å². The van der Waals surface area contributed by atoms with E-state index < -0.39 is 18.5 Å². The van der Waals surface area contributed by atoms with Crippen LogP contribution in [0.4, 0.5) is 5.69 Å². The van der Waals surface area contributed by atoms with Crippen LogP contribution in [0, 0.1) is 11.3 Å². The number of hydrogen-bond acceptors (Lipinski definition) is 7. The molecule has 1 amide bonds. The van der Waals surface area contributed by atoms with Crippen LogP contribution in [-0.4, -0.2) is 45.4 Å². The molecule has 0 atom stereocenters. The summed E-state index contributed by atoms with van der Waals surface area (Å²) in [5.41, 5.74) is 0.758. The van der Waals surface area contributed by atoms with Gasteiger partial charge in [-0.1, -0.05) is 12.1 Å². The summed E-state index contributed by atoms with van der Waals surface area (Å²) in [4.78, 5) is 26.5. The molecule has 0 radical (unpaired) electrons. The maximum absolute atomic E-state index is 12.7. The highest BCUT2D eigenvalue weighted by Gasteiger charge is 2.22. The molecule has 0 aliphatic carbocycles. The van der Waals surface area contributed by atoms with E-state index in [1.165, 1.54) is 12.0 Å². The van der Waals surface area contributed by atoms with E-state index in [9.17, 15) is 9.59 Å². The Labute approximate surface area is 168 Å². The normalized spacial score (nSPS) is 11.9. The zero-order chi connectivity index (χ0) is 20.6. The Kier molecular flexibility index (Phi) is 6.53. The molecule has 0 N–H and O–H groups in total. The zero-order valence-corrected chi connectivity index (χ0v) is 15.9. The highest BCUT2D eigenvalue weighted by atomic mass is 16.6. The fourth-order valence-corrected chi connectivity index (χ4v) is 2.86.